The quantitative estimate of drug-likeness (QED) is 0.838. The van der Waals surface area contributed by atoms with Gasteiger partial charge in [-0.2, -0.15) is 0 Å². The number of amides is 2. The first-order valence-corrected chi connectivity index (χ1v) is 7.25. The maximum absolute atomic E-state index is 12.1. The number of likely N-dealkylation sites (N-methyl/N-ethyl adjacent to an activating group) is 1. The summed E-state index contributed by atoms with van der Waals surface area (Å²) in [5, 5.41) is 3.43. The van der Waals surface area contributed by atoms with Crippen molar-refractivity contribution in [1.82, 2.24) is 10.2 Å². The smallest absolute Gasteiger partial charge is 0.246 e. The molecule has 2 unspecified atom stereocenters. The van der Waals surface area contributed by atoms with E-state index in [1.807, 2.05) is 18.2 Å². The number of likely N-dealkylation sites (tertiary alicyclic amines) is 1. The number of nitrogens with one attached hydrogen (secondary N) is 1. The Labute approximate surface area is 120 Å². The molecule has 0 aromatic heterocycles. The summed E-state index contributed by atoms with van der Waals surface area (Å²) >= 11 is 0. The second-order valence-electron chi connectivity index (χ2n) is 5.30. The third kappa shape index (κ3) is 3.25. The van der Waals surface area contributed by atoms with E-state index in [0.717, 1.165) is 12.8 Å². The van der Waals surface area contributed by atoms with Gasteiger partial charge in [-0.1, -0.05) is 43.7 Å². The van der Waals surface area contributed by atoms with Crippen molar-refractivity contribution in [3.8, 4) is 0 Å². The van der Waals surface area contributed by atoms with Gasteiger partial charge in [-0.05, 0) is 18.4 Å². The van der Waals surface area contributed by atoms with Crippen molar-refractivity contribution in [2.75, 3.05) is 7.05 Å². The molecule has 0 radical (unpaired) electrons. The highest BCUT2D eigenvalue weighted by Crippen LogP contribution is 2.21. The predicted octanol–water partition coefficient (Wildman–Crippen LogP) is 2.26. The Morgan fingerprint density at radius 2 is 2.00 bits per heavy atom. The van der Waals surface area contributed by atoms with Crippen molar-refractivity contribution >= 4 is 11.8 Å². The van der Waals surface area contributed by atoms with E-state index in [2.05, 4.69) is 24.4 Å². The van der Waals surface area contributed by atoms with Crippen LogP contribution in [0.2, 0.25) is 0 Å². The lowest BCUT2D eigenvalue weighted by Gasteiger charge is -2.31. The Morgan fingerprint density at radius 1 is 1.30 bits per heavy atom. The third-order valence-electron chi connectivity index (χ3n) is 3.83. The normalized spacial score (nSPS) is 21.1. The standard InChI is InChI=1S/C16H22N2O2/c1-3-7-13(12-8-5-4-6-9-12)17-14-10-11-15(19)18(2)16(14)20/h4-6,8-9,13-14,17H,3,7,10-11H2,1-2H3. The van der Waals surface area contributed by atoms with Crippen molar-refractivity contribution < 1.29 is 9.59 Å². The minimum Gasteiger partial charge on any atom is -0.299 e. The van der Waals surface area contributed by atoms with Gasteiger partial charge >= 0.3 is 0 Å². The maximum atomic E-state index is 12.1. The van der Waals surface area contributed by atoms with Crippen LogP contribution in [0.25, 0.3) is 0 Å². The molecule has 4 nitrogen and oxygen atoms in total. The van der Waals surface area contributed by atoms with Crippen molar-refractivity contribution in [2.24, 2.45) is 0 Å². The number of benzene rings is 1. The lowest BCUT2D eigenvalue weighted by Crippen LogP contribution is -2.52. The maximum Gasteiger partial charge on any atom is 0.246 e. The molecule has 1 saturated heterocycles. The van der Waals surface area contributed by atoms with Gasteiger partial charge in [0.05, 0.1) is 6.04 Å². The number of carbonyl (C=O) groups is 2. The Morgan fingerprint density at radius 3 is 2.65 bits per heavy atom. The fourth-order valence-corrected chi connectivity index (χ4v) is 2.63. The van der Waals surface area contributed by atoms with Gasteiger partial charge in [0.2, 0.25) is 11.8 Å². The highest BCUT2D eigenvalue weighted by molar-refractivity contribution is 6.00. The van der Waals surface area contributed by atoms with Crippen molar-refractivity contribution in [3.05, 3.63) is 35.9 Å². The summed E-state index contributed by atoms with van der Waals surface area (Å²) in [7, 11) is 1.57. The molecule has 0 saturated carbocycles. The van der Waals surface area contributed by atoms with Crippen LogP contribution < -0.4 is 5.32 Å². The van der Waals surface area contributed by atoms with E-state index in [9.17, 15) is 9.59 Å². The SMILES string of the molecule is CCCC(NC1CCC(=O)N(C)C1=O)c1ccccc1. The molecule has 20 heavy (non-hydrogen) atoms. The summed E-state index contributed by atoms with van der Waals surface area (Å²) < 4.78 is 0. The first kappa shape index (κ1) is 14.7. The molecular formula is C16H22N2O2. The molecule has 1 aliphatic rings. The van der Waals surface area contributed by atoms with Crippen LogP contribution in [-0.4, -0.2) is 29.8 Å². The number of hydrogen-bond acceptors (Lipinski definition) is 3. The van der Waals surface area contributed by atoms with E-state index in [1.54, 1.807) is 7.05 Å². The van der Waals surface area contributed by atoms with Gasteiger partial charge < -0.3 is 0 Å². The van der Waals surface area contributed by atoms with E-state index >= 15 is 0 Å². The molecule has 2 atom stereocenters. The zero-order valence-corrected chi connectivity index (χ0v) is 12.1. The molecule has 1 N–H and O–H groups in total. The van der Waals surface area contributed by atoms with Crippen LogP contribution >= 0.6 is 0 Å². The first-order chi connectivity index (χ1) is 9.63. The summed E-state index contributed by atoms with van der Waals surface area (Å²) in [6.07, 6.45) is 3.05. The van der Waals surface area contributed by atoms with Gasteiger partial charge in [0, 0.05) is 19.5 Å². The Kier molecular flexibility index (Phi) is 4.90. The number of imide groups is 1. The highest BCUT2D eigenvalue weighted by atomic mass is 16.2. The zero-order valence-electron chi connectivity index (χ0n) is 12.1. The molecule has 2 amide bonds. The molecule has 1 fully saturated rings. The second-order valence-corrected chi connectivity index (χ2v) is 5.30. The fraction of sp³-hybridized carbons (Fsp3) is 0.500. The van der Waals surface area contributed by atoms with E-state index in [4.69, 9.17) is 0 Å². The number of carbonyl (C=O) groups excluding carboxylic acids is 2. The van der Waals surface area contributed by atoms with Gasteiger partial charge in [-0.15, -0.1) is 0 Å². The van der Waals surface area contributed by atoms with Crippen LogP contribution in [0, 0.1) is 0 Å². The molecule has 1 heterocycles. The predicted molar refractivity (Wildman–Crippen MR) is 78.0 cm³/mol. The van der Waals surface area contributed by atoms with Crippen LogP contribution in [0.15, 0.2) is 30.3 Å². The zero-order chi connectivity index (χ0) is 14.5. The Balaban J connectivity index is 2.09. The van der Waals surface area contributed by atoms with Crippen LogP contribution in [0.5, 0.6) is 0 Å². The van der Waals surface area contributed by atoms with Gasteiger partial charge in [0.25, 0.3) is 0 Å². The van der Waals surface area contributed by atoms with E-state index in [1.165, 1.54) is 10.5 Å². The molecule has 1 aromatic rings. The van der Waals surface area contributed by atoms with Gasteiger partial charge in [0.15, 0.2) is 0 Å². The number of piperidine rings is 1. The van der Waals surface area contributed by atoms with Gasteiger partial charge in [0.1, 0.15) is 0 Å². The minimum absolute atomic E-state index is 0.0835. The minimum atomic E-state index is -0.255. The molecule has 1 aliphatic heterocycles. The van der Waals surface area contributed by atoms with Crippen molar-refractivity contribution in [1.29, 1.82) is 0 Å². The molecule has 2 rings (SSSR count). The molecule has 1 aromatic carbocycles. The lowest BCUT2D eigenvalue weighted by atomic mass is 9.98. The first-order valence-electron chi connectivity index (χ1n) is 7.25. The summed E-state index contributed by atoms with van der Waals surface area (Å²) in [6.45, 7) is 2.13. The van der Waals surface area contributed by atoms with E-state index in [-0.39, 0.29) is 23.9 Å². The van der Waals surface area contributed by atoms with Crippen LogP contribution in [0.4, 0.5) is 0 Å². The monoisotopic (exact) mass is 274 g/mol. The summed E-state index contributed by atoms with van der Waals surface area (Å²) in [4.78, 5) is 24.9. The third-order valence-corrected chi connectivity index (χ3v) is 3.83. The highest BCUT2D eigenvalue weighted by Gasteiger charge is 2.32. The Hall–Kier alpha value is -1.68. The molecule has 0 bridgehead atoms. The summed E-state index contributed by atoms with van der Waals surface area (Å²) in [5.74, 6) is -0.196. The van der Waals surface area contributed by atoms with E-state index in [0.29, 0.717) is 12.8 Å². The molecule has 0 aliphatic carbocycles. The number of nitrogens with zero attached hydrogens (tertiary/aromatic N) is 1. The second kappa shape index (κ2) is 6.66. The topological polar surface area (TPSA) is 49.4 Å². The average molecular weight is 274 g/mol. The van der Waals surface area contributed by atoms with Crippen LogP contribution in [0.3, 0.4) is 0 Å². The number of hydrogen-bond donors (Lipinski definition) is 1. The largest absolute Gasteiger partial charge is 0.299 e. The van der Waals surface area contributed by atoms with Gasteiger partial charge in [-0.3, -0.25) is 19.8 Å². The Bertz CT molecular complexity index is 473. The lowest BCUT2D eigenvalue weighted by molar-refractivity contribution is -0.148. The summed E-state index contributed by atoms with van der Waals surface area (Å²) in [6, 6.07) is 10.1. The van der Waals surface area contributed by atoms with Crippen LogP contribution in [0.1, 0.15) is 44.2 Å². The van der Waals surface area contributed by atoms with Crippen LogP contribution in [-0.2, 0) is 9.59 Å². The molecular weight excluding hydrogens is 252 g/mol. The average Bonchev–Trinajstić information content (AvgIpc) is 2.48. The van der Waals surface area contributed by atoms with E-state index < -0.39 is 0 Å². The van der Waals surface area contributed by atoms with Gasteiger partial charge in [-0.25, -0.2) is 0 Å². The molecule has 108 valence electrons. The molecule has 0 spiro atoms. The van der Waals surface area contributed by atoms with Crippen molar-refractivity contribution in [2.45, 2.75) is 44.7 Å². The molecule has 4 heteroatoms. The number of rotatable bonds is 5. The summed E-state index contributed by atoms with van der Waals surface area (Å²) in [5.41, 5.74) is 1.20. The fourth-order valence-electron chi connectivity index (χ4n) is 2.63. The van der Waals surface area contributed by atoms with Crippen molar-refractivity contribution in [3.63, 3.8) is 0 Å².